The van der Waals surface area contributed by atoms with Gasteiger partial charge < -0.3 is 24.8 Å². The Morgan fingerprint density at radius 2 is 1.98 bits per heavy atom. The van der Waals surface area contributed by atoms with Gasteiger partial charge in [-0.15, -0.1) is 0 Å². The smallest absolute Gasteiger partial charge is 0.246 e. The number of pyridine rings is 1. The number of carbonyl (C=O) groups excluding carboxylic acids is 1. The number of piperidine rings is 1. The average molecular weight is 638 g/mol. The highest BCUT2D eigenvalue weighted by Gasteiger charge is 2.36. The van der Waals surface area contributed by atoms with Gasteiger partial charge >= 0.3 is 0 Å². The van der Waals surface area contributed by atoms with Crippen molar-refractivity contribution in [3.63, 3.8) is 0 Å². The fourth-order valence-electron chi connectivity index (χ4n) is 6.96. The predicted octanol–water partition coefficient (Wildman–Crippen LogP) is 4.05. The van der Waals surface area contributed by atoms with Gasteiger partial charge in [-0.25, -0.2) is 22.8 Å². The molecule has 1 N–H and O–H groups in total. The Morgan fingerprint density at radius 3 is 2.71 bits per heavy atom. The minimum Gasteiger partial charge on any atom is -0.378 e. The molecule has 0 aliphatic carbocycles. The molecule has 0 unspecified atom stereocenters. The summed E-state index contributed by atoms with van der Waals surface area (Å²) in [5.41, 5.74) is 2.00. The van der Waals surface area contributed by atoms with Gasteiger partial charge in [0.1, 0.15) is 27.6 Å². The Kier molecular flexibility index (Phi) is 8.66. The summed E-state index contributed by atoms with van der Waals surface area (Å²) in [7, 11) is -1.52. The molecule has 1 aromatic carbocycles. The van der Waals surface area contributed by atoms with Crippen molar-refractivity contribution >= 4 is 49.8 Å². The van der Waals surface area contributed by atoms with Gasteiger partial charge in [-0.2, -0.15) is 4.98 Å². The van der Waals surface area contributed by atoms with Crippen molar-refractivity contribution in [2.24, 2.45) is 5.92 Å². The van der Waals surface area contributed by atoms with Crippen LogP contribution in [0.5, 0.6) is 0 Å². The number of nitrogens with zero attached hydrogens (tertiary/aromatic N) is 6. The van der Waals surface area contributed by atoms with E-state index < -0.39 is 22.1 Å². The van der Waals surface area contributed by atoms with Crippen LogP contribution in [0.15, 0.2) is 49.3 Å². The van der Waals surface area contributed by atoms with Crippen LogP contribution in [0.25, 0.3) is 10.8 Å². The molecule has 11 nitrogen and oxygen atoms in total. The minimum absolute atomic E-state index is 0.00291. The molecule has 45 heavy (non-hydrogen) atoms. The number of methoxy groups -OCH3 is 1. The van der Waals surface area contributed by atoms with Crippen molar-refractivity contribution in [3.8, 4) is 0 Å². The van der Waals surface area contributed by atoms with Crippen molar-refractivity contribution in [1.82, 2.24) is 19.9 Å². The third-order valence-corrected chi connectivity index (χ3v) is 10.2. The lowest BCUT2D eigenvalue weighted by Gasteiger charge is -2.41. The topological polar surface area (TPSA) is 121 Å². The molecule has 0 saturated carbocycles. The molecule has 4 atom stereocenters. The minimum atomic E-state index is -3.05. The third-order valence-electron chi connectivity index (χ3n) is 9.16. The summed E-state index contributed by atoms with van der Waals surface area (Å²) in [5, 5.41) is 5.19. The first-order valence-corrected chi connectivity index (χ1v) is 17.4. The summed E-state index contributed by atoms with van der Waals surface area (Å²) in [6, 6.07) is 7.75. The number of benzene rings is 1. The molecule has 3 aliphatic rings. The first-order valence-electron chi connectivity index (χ1n) is 15.4. The lowest BCUT2D eigenvalue weighted by atomic mass is 9.94. The van der Waals surface area contributed by atoms with Crippen LogP contribution in [-0.4, -0.2) is 97.8 Å². The van der Waals surface area contributed by atoms with Crippen LogP contribution in [0.2, 0.25) is 0 Å². The molecule has 0 radical (unpaired) electrons. The number of halogens is 1. The maximum Gasteiger partial charge on any atom is 0.246 e. The highest BCUT2D eigenvalue weighted by molar-refractivity contribution is 7.90. The molecule has 3 aromatic rings. The van der Waals surface area contributed by atoms with Gasteiger partial charge in [-0.3, -0.25) is 4.79 Å². The third kappa shape index (κ3) is 6.46. The van der Waals surface area contributed by atoms with Crippen LogP contribution in [-0.2, 0) is 19.4 Å². The molecule has 6 rings (SSSR count). The Balaban J connectivity index is 1.32. The zero-order chi connectivity index (χ0) is 31.9. The van der Waals surface area contributed by atoms with Crippen LogP contribution < -0.4 is 15.1 Å². The number of alkyl halides is 1. The molecule has 0 spiro atoms. The van der Waals surface area contributed by atoms with E-state index in [1.54, 1.807) is 12.3 Å². The van der Waals surface area contributed by atoms with Gasteiger partial charge in [-0.1, -0.05) is 12.6 Å². The van der Waals surface area contributed by atoms with Gasteiger partial charge in [0.2, 0.25) is 11.9 Å². The fourth-order valence-corrected chi connectivity index (χ4v) is 8.03. The van der Waals surface area contributed by atoms with Crippen molar-refractivity contribution in [3.05, 3.63) is 54.9 Å². The molecule has 3 aliphatic heterocycles. The number of likely N-dealkylation sites (tertiary alicyclic amines) is 1. The van der Waals surface area contributed by atoms with E-state index in [1.807, 2.05) is 29.0 Å². The number of amides is 1. The normalized spacial score (nSPS) is 24.1. The summed E-state index contributed by atoms with van der Waals surface area (Å²) in [5.74, 6) is 1.68. The second-order valence-corrected chi connectivity index (χ2v) is 14.6. The van der Waals surface area contributed by atoms with Crippen molar-refractivity contribution in [1.29, 1.82) is 0 Å². The summed E-state index contributed by atoms with van der Waals surface area (Å²) < 4.78 is 43.7. The first-order chi connectivity index (χ1) is 21.5. The SMILES string of the molecule is C=CC(=O)N1CCC[C@H]1c1ccc(N2CC(CS(C)(=O)=O)C2)c2cnc(Nc3ccnc(N4C[C@@H](F)[C@@H](OC)C[C@@H]4C)n3)cc12. The van der Waals surface area contributed by atoms with E-state index in [1.165, 1.54) is 19.4 Å². The fraction of sp³-hybridized carbons (Fsp3) is 0.500. The monoisotopic (exact) mass is 637 g/mol. The second-order valence-electron chi connectivity index (χ2n) is 12.4. The van der Waals surface area contributed by atoms with Crippen LogP contribution in [0.4, 0.5) is 27.7 Å². The summed E-state index contributed by atoms with van der Waals surface area (Å²) in [6.45, 7) is 7.82. The molecule has 5 heterocycles. The molecule has 3 fully saturated rings. The number of carbonyl (C=O) groups is 1. The predicted molar refractivity (Wildman–Crippen MR) is 173 cm³/mol. The summed E-state index contributed by atoms with van der Waals surface area (Å²) in [6.07, 6.45) is 6.78. The Labute approximate surface area is 263 Å². The van der Waals surface area contributed by atoms with E-state index in [2.05, 4.69) is 33.9 Å². The number of rotatable bonds is 9. The molecule has 0 bridgehead atoms. The van der Waals surface area contributed by atoms with E-state index in [4.69, 9.17) is 14.7 Å². The van der Waals surface area contributed by atoms with Crippen LogP contribution in [0.3, 0.4) is 0 Å². The number of sulfone groups is 1. The molecule has 3 saturated heterocycles. The molecule has 240 valence electrons. The molecule has 13 heteroatoms. The standard InChI is InChI=1S/C32H40FN7O4S/c1-5-31(41)39-12-6-7-27(39)22-8-9-26(38-16-21(17-38)19-45(4,42)43)24-15-35-30(14-23(22)24)36-29-10-11-34-32(37-29)40-18-25(33)28(44-3)13-20(40)2/h5,8-11,14-15,20-21,25,27-28H,1,6-7,12-13,16-19H2,2-4H3,(H,34,35,36,37)/t20-,25+,27-,28-/m0/s1. The van der Waals surface area contributed by atoms with E-state index in [0.717, 1.165) is 34.9 Å². The Hall–Kier alpha value is -3.84. The number of hydrogen-bond donors (Lipinski definition) is 1. The zero-order valence-corrected chi connectivity index (χ0v) is 26.7. The molecule has 1 amide bonds. The van der Waals surface area contributed by atoms with Crippen LogP contribution in [0.1, 0.15) is 37.8 Å². The van der Waals surface area contributed by atoms with E-state index >= 15 is 0 Å². The number of aromatic nitrogens is 3. The second kappa shape index (κ2) is 12.5. The number of fused-ring (bicyclic) bond motifs is 1. The van der Waals surface area contributed by atoms with Crippen molar-refractivity contribution in [2.75, 3.05) is 60.4 Å². The molecular formula is C32H40FN7O4S. The largest absolute Gasteiger partial charge is 0.378 e. The van der Waals surface area contributed by atoms with E-state index in [0.29, 0.717) is 43.6 Å². The quantitative estimate of drug-likeness (QED) is 0.344. The van der Waals surface area contributed by atoms with Crippen molar-refractivity contribution in [2.45, 2.75) is 50.5 Å². The first kappa shape index (κ1) is 31.2. The Morgan fingerprint density at radius 1 is 1.18 bits per heavy atom. The number of hydrogen-bond acceptors (Lipinski definition) is 10. The van der Waals surface area contributed by atoms with Gasteiger partial charge in [-0.05, 0) is 61.4 Å². The zero-order valence-electron chi connectivity index (χ0n) is 25.9. The van der Waals surface area contributed by atoms with Gasteiger partial charge in [0.25, 0.3) is 0 Å². The maximum atomic E-state index is 14.7. The maximum absolute atomic E-state index is 14.7. The summed E-state index contributed by atoms with van der Waals surface area (Å²) in [4.78, 5) is 32.5. The summed E-state index contributed by atoms with van der Waals surface area (Å²) >= 11 is 0. The molecule has 2 aromatic heterocycles. The van der Waals surface area contributed by atoms with Crippen LogP contribution >= 0.6 is 0 Å². The highest BCUT2D eigenvalue weighted by Crippen LogP contribution is 2.41. The van der Waals surface area contributed by atoms with Gasteiger partial charge in [0.05, 0.1) is 24.4 Å². The van der Waals surface area contributed by atoms with Crippen LogP contribution in [0, 0.1) is 5.92 Å². The van der Waals surface area contributed by atoms with E-state index in [-0.39, 0.29) is 36.2 Å². The van der Waals surface area contributed by atoms with Gasteiger partial charge in [0.15, 0.2) is 0 Å². The van der Waals surface area contributed by atoms with Crippen molar-refractivity contribution < 1.29 is 22.3 Å². The molecular weight excluding hydrogens is 597 g/mol. The highest BCUT2D eigenvalue weighted by atomic mass is 32.2. The van der Waals surface area contributed by atoms with E-state index in [9.17, 15) is 17.6 Å². The lowest BCUT2D eigenvalue weighted by molar-refractivity contribution is -0.126. The lowest BCUT2D eigenvalue weighted by Crippen LogP contribution is -2.51. The number of nitrogens with one attached hydrogen (secondary N) is 1. The number of anilines is 4. The van der Waals surface area contributed by atoms with Gasteiger partial charge in [0, 0.05) is 68.4 Å². The Bertz CT molecular complexity index is 1700. The number of ether oxygens (including phenoxy) is 1. The average Bonchev–Trinajstić information content (AvgIpc) is 3.48.